The number of carboxylic acids is 1. The Morgan fingerprint density at radius 3 is 2.33 bits per heavy atom. The number of carbonyl (C=O) groups excluding carboxylic acids is 1. The van der Waals surface area contributed by atoms with Crippen LogP contribution < -0.4 is 0 Å². The molecule has 0 fully saturated rings. The number of rotatable bonds is 5. The molecule has 0 unspecified atom stereocenters. The van der Waals surface area contributed by atoms with Gasteiger partial charge in [0.25, 0.3) is 0 Å². The fraction of sp³-hybridized carbons (Fsp3) is 0.200. The molecular weight excluding hydrogens is 246 g/mol. The molecule has 0 saturated heterocycles. The number of carboxylic acid groups (broad SMARTS) is 1. The quantitative estimate of drug-likeness (QED) is 0.309. The molecule has 0 aromatic heterocycles. The monoisotopic (exact) mass is 255 g/mol. The number of ketones is 1. The predicted octanol–water partition coefficient (Wildman–Crippen LogP) is 1.05. The van der Waals surface area contributed by atoms with E-state index in [1.165, 1.54) is 0 Å². The van der Waals surface area contributed by atoms with Gasteiger partial charge in [0, 0.05) is 18.1 Å². The number of hydrogen-bond donors (Lipinski definition) is 3. The molecule has 0 aliphatic carbocycles. The van der Waals surface area contributed by atoms with Crippen LogP contribution in [0.1, 0.15) is 23.2 Å². The molecular formula is C10H9NO7. The Morgan fingerprint density at radius 2 is 1.83 bits per heavy atom. The highest BCUT2D eigenvalue weighted by molar-refractivity contribution is 5.98. The van der Waals surface area contributed by atoms with Crippen LogP contribution >= 0.6 is 0 Å². The van der Waals surface area contributed by atoms with Gasteiger partial charge in [-0.25, -0.2) is 0 Å². The number of nitro benzene ring substituents is 1. The normalized spacial score (nSPS) is 10.0. The Kier molecular flexibility index (Phi) is 3.82. The lowest BCUT2D eigenvalue weighted by molar-refractivity contribution is -0.386. The molecule has 0 bridgehead atoms. The largest absolute Gasteiger partial charge is 0.504 e. The van der Waals surface area contributed by atoms with Crippen molar-refractivity contribution in [2.45, 2.75) is 12.8 Å². The first-order valence-corrected chi connectivity index (χ1v) is 4.78. The Labute approximate surface area is 100 Å². The summed E-state index contributed by atoms with van der Waals surface area (Å²) in [7, 11) is 0. The fourth-order valence-corrected chi connectivity index (χ4v) is 1.27. The highest BCUT2D eigenvalue weighted by Gasteiger charge is 2.21. The average Bonchev–Trinajstić information content (AvgIpc) is 2.28. The van der Waals surface area contributed by atoms with Crippen LogP contribution in [-0.2, 0) is 4.79 Å². The van der Waals surface area contributed by atoms with E-state index < -0.39 is 40.3 Å². The predicted molar refractivity (Wildman–Crippen MR) is 57.6 cm³/mol. The molecule has 0 amide bonds. The number of carbonyl (C=O) groups is 2. The maximum Gasteiger partial charge on any atom is 0.315 e. The molecule has 0 spiro atoms. The number of nitrogens with zero attached hydrogens (tertiary/aromatic N) is 1. The van der Waals surface area contributed by atoms with Gasteiger partial charge in [0.1, 0.15) is 0 Å². The standard InChI is InChI=1S/C10H9NO7/c12-7(1-2-9(14)15)5-3-6(11(17)18)10(16)8(13)4-5/h3-4,13,16H,1-2H2,(H,14,15). The fourth-order valence-electron chi connectivity index (χ4n) is 1.27. The molecule has 8 heteroatoms. The maximum absolute atomic E-state index is 11.5. The Bertz CT molecular complexity index is 523. The summed E-state index contributed by atoms with van der Waals surface area (Å²) < 4.78 is 0. The van der Waals surface area contributed by atoms with E-state index in [1.807, 2.05) is 0 Å². The first-order valence-electron chi connectivity index (χ1n) is 4.78. The van der Waals surface area contributed by atoms with Crippen molar-refractivity contribution >= 4 is 17.4 Å². The van der Waals surface area contributed by atoms with Gasteiger partial charge in [0.05, 0.1) is 11.3 Å². The van der Waals surface area contributed by atoms with Crippen LogP contribution in [0.3, 0.4) is 0 Å². The lowest BCUT2D eigenvalue weighted by Crippen LogP contribution is -2.04. The minimum absolute atomic E-state index is 0.224. The van der Waals surface area contributed by atoms with Crippen LogP contribution in [0.2, 0.25) is 0 Å². The van der Waals surface area contributed by atoms with Crippen LogP contribution in [0.5, 0.6) is 11.5 Å². The molecule has 0 heterocycles. The third-order valence-electron chi connectivity index (χ3n) is 2.15. The third kappa shape index (κ3) is 2.94. The Morgan fingerprint density at radius 1 is 1.22 bits per heavy atom. The van der Waals surface area contributed by atoms with Crippen molar-refractivity contribution < 1.29 is 29.8 Å². The summed E-state index contributed by atoms with van der Waals surface area (Å²) in [6.45, 7) is 0. The van der Waals surface area contributed by atoms with Gasteiger partial charge in [-0.2, -0.15) is 0 Å². The van der Waals surface area contributed by atoms with Crippen LogP contribution in [0.15, 0.2) is 12.1 Å². The van der Waals surface area contributed by atoms with Crippen LogP contribution in [0.4, 0.5) is 5.69 Å². The van der Waals surface area contributed by atoms with E-state index in [1.54, 1.807) is 0 Å². The second-order valence-electron chi connectivity index (χ2n) is 3.44. The molecule has 8 nitrogen and oxygen atoms in total. The molecule has 0 saturated carbocycles. The van der Waals surface area contributed by atoms with Crippen molar-refractivity contribution in [3.63, 3.8) is 0 Å². The van der Waals surface area contributed by atoms with Gasteiger partial charge in [0.2, 0.25) is 5.75 Å². The van der Waals surface area contributed by atoms with Crippen molar-refractivity contribution in [2.24, 2.45) is 0 Å². The zero-order valence-electron chi connectivity index (χ0n) is 8.99. The van der Waals surface area contributed by atoms with Gasteiger partial charge < -0.3 is 15.3 Å². The second kappa shape index (κ2) is 5.13. The van der Waals surface area contributed by atoms with Gasteiger partial charge in [0.15, 0.2) is 11.5 Å². The minimum atomic E-state index is -1.18. The first-order chi connectivity index (χ1) is 8.32. The number of aromatic hydroxyl groups is 2. The summed E-state index contributed by atoms with van der Waals surface area (Å²) in [6.07, 6.45) is -0.773. The molecule has 0 atom stereocenters. The lowest BCUT2D eigenvalue weighted by atomic mass is 10.0. The number of Topliss-reactive ketones (excluding diaryl/α,β-unsaturated/α-hetero) is 1. The molecule has 1 rings (SSSR count). The zero-order valence-corrected chi connectivity index (χ0v) is 8.99. The molecule has 3 N–H and O–H groups in total. The molecule has 0 aliphatic rings. The first kappa shape index (κ1) is 13.4. The number of hydrogen-bond acceptors (Lipinski definition) is 6. The summed E-state index contributed by atoms with van der Waals surface area (Å²) in [6, 6.07) is 1.64. The maximum atomic E-state index is 11.5. The van der Waals surface area contributed by atoms with E-state index in [0.717, 1.165) is 12.1 Å². The summed E-state index contributed by atoms with van der Waals surface area (Å²) in [5.74, 6) is -3.59. The van der Waals surface area contributed by atoms with E-state index in [2.05, 4.69) is 0 Å². The summed E-state index contributed by atoms with van der Waals surface area (Å²) in [5, 5.41) is 37.4. The highest BCUT2D eigenvalue weighted by Crippen LogP contribution is 2.36. The van der Waals surface area contributed by atoms with E-state index in [0.29, 0.717) is 0 Å². The molecule has 18 heavy (non-hydrogen) atoms. The van der Waals surface area contributed by atoms with Crippen molar-refractivity contribution in [1.82, 2.24) is 0 Å². The number of phenolic OH excluding ortho intramolecular Hbond substituents is 2. The summed E-state index contributed by atoms with van der Waals surface area (Å²) >= 11 is 0. The van der Waals surface area contributed by atoms with Crippen molar-refractivity contribution in [3.8, 4) is 11.5 Å². The van der Waals surface area contributed by atoms with Crippen molar-refractivity contribution in [2.75, 3.05) is 0 Å². The molecule has 1 aromatic carbocycles. The molecule has 0 radical (unpaired) electrons. The third-order valence-corrected chi connectivity index (χ3v) is 2.15. The second-order valence-corrected chi connectivity index (χ2v) is 3.44. The van der Waals surface area contributed by atoms with Gasteiger partial charge in [-0.1, -0.05) is 0 Å². The van der Waals surface area contributed by atoms with E-state index >= 15 is 0 Å². The smallest absolute Gasteiger partial charge is 0.315 e. The lowest BCUT2D eigenvalue weighted by Gasteiger charge is -2.03. The van der Waals surface area contributed by atoms with E-state index in [4.69, 9.17) is 5.11 Å². The van der Waals surface area contributed by atoms with Crippen LogP contribution in [-0.4, -0.2) is 32.0 Å². The molecule has 0 aliphatic heterocycles. The summed E-state index contributed by atoms with van der Waals surface area (Å²) in [5.41, 5.74) is -1.04. The Balaban J connectivity index is 3.07. The average molecular weight is 255 g/mol. The number of nitro groups is 1. The van der Waals surface area contributed by atoms with Gasteiger partial charge in [-0.05, 0) is 6.07 Å². The topological polar surface area (TPSA) is 138 Å². The van der Waals surface area contributed by atoms with Gasteiger partial charge >= 0.3 is 11.7 Å². The number of aliphatic carboxylic acids is 1. The highest BCUT2D eigenvalue weighted by atomic mass is 16.6. The molecule has 96 valence electrons. The van der Waals surface area contributed by atoms with Crippen molar-refractivity contribution in [3.05, 3.63) is 27.8 Å². The minimum Gasteiger partial charge on any atom is -0.504 e. The van der Waals surface area contributed by atoms with E-state index in [-0.39, 0.29) is 12.0 Å². The van der Waals surface area contributed by atoms with Crippen LogP contribution in [0.25, 0.3) is 0 Å². The molecule has 1 aromatic rings. The van der Waals surface area contributed by atoms with Gasteiger partial charge in [-0.15, -0.1) is 0 Å². The van der Waals surface area contributed by atoms with E-state index in [9.17, 15) is 29.9 Å². The zero-order chi connectivity index (χ0) is 13.9. The SMILES string of the molecule is O=C(O)CCC(=O)c1cc(O)c(O)c([N+](=O)[O-])c1. The number of benzene rings is 1. The Hall–Kier alpha value is -2.64. The van der Waals surface area contributed by atoms with Crippen LogP contribution in [0, 0.1) is 10.1 Å². The van der Waals surface area contributed by atoms with Crippen molar-refractivity contribution in [1.29, 1.82) is 0 Å². The summed E-state index contributed by atoms with van der Waals surface area (Å²) in [4.78, 5) is 31.4. The van der Waals surface area contributed by atoms with Gasteiger partial charge in [-0.3, -0.25) is 19.7 Å². The number of phenols is 2.